The van der Waals surface area contributed by atoms with Gasteiger partial charge in [-0.1, -0.05) is 65.2 Å². The van der Waals surface area contributed by atoms with Crippen LogP contribution in [0.2, 0.25) is 0 Å². The van der Waals surface area contributed by atoms with E-state index in [1.807, 2.05) is 0 Å². The van der Waals surface area contributed by atoms with Crippen LogP contribution < -0.4 is 27.0 Å². The van der Waals surface area contributed by atoms with Crippen molar-refractivity contribution < 1.29 is 9.59 Å². The number of unbranched alkanes of at least 4 members (excludes halogenated alkanes) is 1. The fourth-order valence-corrected chi connectivity index (χ4v) is 5.91. The highest BCUT2D eigenvalue weighted by Gasteiger charge is 2.23. The zero-order valence-electron chi connectivity index (χ0n) is 24.8. The molecular weight excluding hydrogens is 496 g/mol. The number of guanidine groups is 1. The number of hydrogen-bond acceptors (Lipinski definition) is 5. The van der Waals surface area contributed by atoms with E-state index in [2.05, 4.69) is 40.1 Å². The number of nitrogens with two attached hydrogens (primary N) is 1. The van der Waals surface area contributed by atoms with Crippen LogP contribution in [0.15, 0.2) is 4.99 Å². The van der Waals surface area contributed by atoms with Crippen molar-refractivity contribution in [3.05, 3.63) is 0 Å². The molecule has 0 aliphatic heterocycles. The lowest BCUT2D eigenvalue weighted by Gasteiger charge is -2.30. The smallest absolute Gasteiger partial charge is 0.236 e. The van der Waals surface area contributed by atoms with Crippen molar-refractivity contribution in [2.24, 2.45) is 22.1 Å². The summed E-state index contributed by atoms with van der Waals surface area (Å²) in [6.45, 7) is 6.90. The van der Waals surface area contributed by atoms with Gasteiger partial charge >= 0.3 is 0 Å². The molecule has 38 heavy (non-hydrogen) atoms. The maximum absolute atomic E-state index is 12.2. The number of amides is 2. The van der Waals surface area contributed by atoms with Crippen LogP contribution in [0.4, 0.5) is 0 Å². The minimum absolute atomic E-state index is 0.0808. The van der Waals surface area contributed by atoms with Gasteiger partial charge in [0, 0.05) is 39.5 Å². The number of carbonyl (C=O) groups excluding carboxylic acids is 2. The van der Waals surface area contributed by atoms with Crippen LogP contribution in [0.25, 0.3) is 0 Å². The van der Waals surface area contributed by atoms with Gasteiger partial charge in [0.1, 0.15) is 0 Å². The van der Waals surface area contributed by atoms with Crippen LogP contribution in [-0.2, 0) is 9.59 Å². The van der Waals surface area contributed by atoms with Gasteiger partial charge in [0.15, 0.2) is 5.96 Å². The molecule has 9 heteroatoms. The van der Waals surface area contributed by atoms with Gasteiger partial charge in [0.2, 0.25) is 11.8 Å². The first-order valence-electron chi connectivity index (χ1n) is 15.1. The number of rotatable bonds is 15. The van der Waals surface area contributed by atoms with E-state index in [1.54, 1.807) is 25.9 Å². The van der Waals surface area contributed by atoms with Gasteiger partial charge < -0.3 is 27.0 Å². The molecule has 0 radical (unpaired) electrons. The molecule has 0 spiro atoms. The molecule has 1 saturated carbocycles. The van der Waals surface area contributed by atoms with Crippen molar-refractivity contribution in [3.63, 3.8) is 0 Å². The van der Waals surface area contributed by atoms with Crippen LogP contribution in [-0.4, -0.2) is 69.1 Å². The summed E-state index contributed by atoms with van der Waals surface area (Å²) >= 11 is 1.54. The highest BCUT2D eigenvalue weighted by Crippen LogP contribution is 2.37. The lowest BCUT2D eigenvalue weighted by Crippen LogP contribution is -2.42. The summed E-state index contributed by atoms with van der Waals surface area (Å²) in [5.41, 5.74) is 6.45. The molecule has 1 aliphatic rings. The zero-order valence-corrected chi connectivity index (χ0v) is 25.7. The van der Waals surface area contributed by atoms with Crippen molar-refractivity contribution in [2.45, 2.75) is 110 Å². The molecule has 0 aromatic rings. The first-order valence-corrected chi connectivity index (χ1v) is 16.2. The van der Waals surface area contributed by atoms with Gasteiger partial charge in [-0.05, 0) is 49.9 Å². The van der Waals surface area contributed by atoms with Crippen LogP contribution in [0.3, 0.4) is 0 Å². The molecule has 222 valence electrons. The van der Waals surface area contributed by atoms with E-state index < -0.39 is 6.04 Å². The van der Waals surface area contributed by atoms with Crippen LogP contribution in [0.5, 0.6) is 0 Å². The van der Waals surface area contributed by atoms with Gasteiger partial charge in [-0.3, -0.25) is 14.6 Å². The second-order valence-electron chi connectivity index (χ2n) is 11.4. The Morgan fingerprint density at radius 1 is 0.974 bits per heavy atom. The Labute approximate surface area is 237 Å². The van der Waals surface area contributed by atoms with Crippen molar-refractivity contribution in [1.82, 2.24) is 21.3 Å². The number of nitrogens with zero attached hydrogens (tertiary/aromatic N) is 1. The minimum atomic E-state index is -0.520. The Morgan fingerprint density at radius 2 is 1.68 bits per heavy atom. The lowest BCUT2D eigenvalue weighted by molar-refractivity contribution is -0.122. The number of aliphatic imine (C=N–C) groups is 1. The Bertz CT molecular complexity index is 677. The van der Waals surface area contributed by atoms with E-state index in [0.717, 1.165) is 31.3 Å². The van der Waals surface area contributed by atoms with E-state index in [9.17, 15) is 9.59 Å². The predicted molar refractivity (Wildman–Crippen MR) is 164 cm³/mol. The van der Waals surface area contributed by atoms with E-state index in [0.29, 0.717) is 36.4 Å². The average Bonchev–Trinajstić information content (AvgIpc) is 2.93. The first-order chi connectivity index (χ1) is 18.3. The normalized spacial score (nSPS) is 22.1. The quantitative estimate of drug-likeness (QED) is 0.118. The summed E-state index contributed by atoms with van der Waals surface area (Å²) in [4.78, 5) is 28.4. The topological polar surface area (TPSA) is 121 Å². The predicted octanol–water partition coefficient (Wildman–Crippen LogP) is 4.19. The lowest BCUT2D eigenvalue weighted by atomic mass is 9.76. The Balaban J connectivity index is 2.08. The number of carbonyl (C=O) groups is 2. The molecule has 1 rings (SSSR count). The van der Waals surface area contributed by atoms with E-state index in [-0.39, 0.29) is 11.8 Å². The van der Waals surface area contributed by atoms with Crippen LogP contribution in [0.1, 0.15) is 104 Å². The number of nitrogens with one attached hydrogen (secondary N) is 4. The summed E-state index contributed by atoms with van der Waals surface area (Å²) in [5, 5.41) is 12.0. The van der Waals surface area contributed by atoms with Gasteiger partial charge in [-0.2, -0.15) is 11.8 Å². The molecule has 1 aliphatic carbocycles. The molecule has 8 nitrogen and oxygen atoms in total. The highest BCUT2D eigenvalue weighted by molar-refractivity contribution is 7.99. The van der Waals surface area contributed by atoms with E-state index >= 15 is 0 Å². The van der Waals surface area contributed by atoms with Crippen molar-refractivity contribution in [2.75, 3.05) is 45.2 Å². The second kappa shape index (κ2) is 21.4. The monoisotopic (exact) mass is 554 g/mol. The fourth-order valence-electron chi connectivity index (χ4n) is 5.23. The van der Waals surface area contributed by atoms with Crippen LogP contribution >= 0.6 is 11.8 Å². The van der Waals surface area contributed by atoms with Crippen molar-refractivity contribution >= 4 is 29.5 Å². The second-order valence-corrected chi connectivity index (χ2v) is 12.5. The van der Waals surface area contributed by atoms with E-state index in [4.69, 9.17) is 5.73 Å². The maximum Gasteiger partial charge on any atom is 0.236 e. The maximum atomic E-state index is 12.2. The molecule has 0 aromatic heterocycles. The number of thioether (sulfide) groups is 1. The Hall–Kier alpha value is -1.48. The van der Waals surface area contributed by atoms with Gasteiger partial charge in [-0.15, -0.1) is 0 Å². The summed E-state index contributed by atoms with van der Waals surface area (Å²) in [6, 6.07) is -0.520. The van der Waals surface area contributed by atoms with Gasteiger partial charge in [0.25, 0.3) is 0 Å². The third-order valence-electron chi connectivity index (χ3n) is 7.79. The molecule has 0 heterocycles. The molecular formula is C29H58N6O2S. The standard InChI is InChI=1S/C29H58N6O2S/c1-24-13-7-5-6-8-16-29(2,18-11-14-24)17-9-10-19-33-26(36)23-38-22-21-34-27(37)25(30)15-12-20-35-28(31-3)32-4/h24-25H,5-23,30H2,1-4H3,(H,33,36)(H,34,37)(H2,31,32,35)/t24?,25?,29-/m1/s1. The average molecular weight is 555 g/mol. The summed E-state index contributed by atoms with van der Waals surface area (Å²) in [6.07, 6.45) is 17.3. The van der Waals surface area contributed by atoms with E-state index in [1.165, 1.54) is 70.6 Å². The third-order valence-corrected chi connectivity index (χ3v) is 8.75. The third kappa shape index (κ3) is 17.2. The van der Waals surface area contributed by atoms with Crippen molar-refractivity contribution in [3.8, 4) is 0 Å². The first kappa shape index (κ1) is 34.5. The highest BCUT2D eigenvalue weighted by atomic mass is 32.2. The summed E-state index contributed by atoms with van der Waals surface area (Å²) < 4.78 is 0. The minimum Gasteiger partial charge on any atom is -0.359 e. The Morgan fingerprint density at radius 3 is 2.45 bits per heavy atom. The largest absolute Gasteiger partial charge is 0.359 e. The SMILES string of the molecule is C/N=C(/NC)NCCCC(N)C(=O)NCCSCC(=O)NCCCC[C@@]1(C)CCCCCCC(C)CCC1. The molecule has 0 aromatic carbocycles. The van der Waals surface area contributed by atoms with Gasteiger partial charge in [0.05, 0.1) is 11.8 Å². The molecule has 1 fully saturated rings. The molecule has 6 N–H and O–H groups in total. The molecule has 0 saturated heterocycles. The molecule has 0 bridgehead atoms. The molecule has 2 unspecified atom stereocenters. The van der Waals surface area contributed by atoms with Gasteiger partial charge in [-0.25, -0.2) is 0 Å². The van der Waals surface area contributed by atoms with Crippen LogP contribution in [0, 0.1) is 11.3 Å². The molecule has 2 amide bonds. The number of hydrogen-bond donors (Lipinski definition) is 5. The van der Waals surface area contributed by atoms with Crippen molar-refractivity contribution in [1.29, 1.82) is 0 Å². The Kier molecular flexibility index (Phi) is 19.4. The fraction of sp³-hybridized carbons (Fsp3) is 0.897. The summed E-state index contributed by atoms with van der Waals surface area (Å²) in [5.74, 6) is 2.67. The zero-order chi connectivity index (χ0) is 28.1. The summed E-state index contributed by atoms with van der Waals surface area (Å²) in [7, 11) is 3.52. The molecule has 3 atom stereocenters.